The Morgan fingerprint density at radius 2 is 0.686 bits per heavy atom. The highest BCUT2D eigenvalue weighted by Crippen LogP contribution is 2.46. The summed E-state index contributed by atoms with van der Waals surface area (Å²) >= 11 is 0. The van der Waals surface area contributed by atoms with Gasteiger partial charge in [0.05, 0.1) is 153 Å². The van der Waals surface area contributed by atoms with Crippen molar-refractivity contribution in [2.75, 3.05) is 117 Å². The molecule has 6 aliphatic heterocycles. The van der Waals surface area contributed by atoms with Crippen molar-refractivity contribution in [3.8, 4) is 69.0 Å². The molecule has 6 heterocycles. The smallest absolute Gasteiger partial charge is 0.340 e. The largest absolute Gasteiger partial charge is 0.497 e. The third-order valence-corrected chi connectivity index (χ3v) is 17.7. The van der Waals surface area contributed by atoms with Crippen molar-refractivity contribution < 1.29 is 148 Å². The number of benzene rings is 7. The third kappa shape index (κ3) is 20.3. The first-order valence-corrected chi connectivity index (χ1v) is 35.6. The molecule has 37 heteroatoms. The first-order chi connectivity index (χ1) is 56.0. The summed E-state index contributed by atoms with van der Waals surface area (Å²) in [6, 6.07) is 27.6. The van der Waals surface area contributed by atoms with Crippen LogP contribution in [0.25, 0.3) is 0 Å². The molecule has 0 bridgehead atoms. The fourth-order valence-electron chi connectivity index (χ4n) is 11.4. The minimum Gasteiger partial charge on any atom is -0.497 e. The predicted molar refractivity (Wildman–Crippen MR) is 418 cm³/mol. The van der Waals surface area contributed by atoms with Gasteiger partial charge in [0.2, 0.25) is 6.10 Å². The van der Waals surface area contributed by atoms with Crippen LogP contribution < -0.4 is 88.7 Å². The van der Waals surface area contributed by atoms with Crippen LogP contribution in [0, 0.1) is 5.92 Å². The lowest BCUT2D eigenvalue weighted by Gasteiger charge is -2.32. The Morgan fingerprint density at radius 1 is 0.381 bits per heavy atom. The Morgan fingerprint density at radius 3 is 1.04 bits per heavy atom. The number of carbonyl (C=O) groups excluding carboxylic acids is 12. The summed E-state index contributed by atoms with van der Waals surface area (Å²) in [7, 11) is 16.4. The molecular weight excluding hydrogens is 1550 g/mol. The van der Waals surface area contributed by atoms with E-state index in [-0.39, 0.29) is 86.0 Å². The van der Waals surface area contributed by atoms with Crippen LogP contribution in [0.2, 0.25) is 0 Å². The number of methoxy groups -OCH3 is 12. The zero-order chi connectivity index (χ0) is 86.9. The Labute approximate surface area is 675 Å². The second-order valence-electron chi connectivity index (χ2n) is 26.3. The highest BCUT2D eigenvalue weighted by molar-refractivity contribution is 6.12. The lowest BCUT2D eigenvalue weighted by molar-refractivity contribution is -0.165. The summed E-state index contributed by atoms with van der Waals surface area (Å²) in [4.78, 5) is 142. The van der Waals surface area contributed by atoms with Crippen molar-refractivity contribution in [3.63, 3.8) is 0 Å². The molecule has 37 nitrogen and oxygen atoms in total. The van der Waals surface area contributed by atoms with Gasteiger partial charge < -0.3 is 122 Å². The maximum Gasteiger partial charge on any atom is 0.340 e. The number of rotatable bonds is 15. The number of fused-ring (bicyclic) bond motifs is 6. The lowest BCUT2D eigenvalue weighted by Crippen LogP contribution is -2.48. The number of hydrogen-bond donors (Lipinski definition) is 7. The van der Waals surface area contributed by atoms with Crippen LogP contribution in [0.1, 0.15) is 129 Å². The molecule has 7 aromatic carbocycles. The molecule has 7 aromatic rings. The van der Waals surface area contributed by atoms with Crippen molar-refractivity contribution >= 4 is 105 Å². The summed E-state index contributed by atoms with van der Waals surface area (Å²) in [5.74, 6) is -3.11. The fraction of sp³-hybridized carbons (Fsp3) is 0.333. The Balaban J connectivity index is 0.000000177. The first-order valence-electron chi connectivity index (χ1n) is 35.6. The number of carbonyl (C=O) groups is 12. The molecule has 0 saturated carbocycles. The molecule has 118 heavy (non-hydrogen) atoms. The molecular formula is C81H88N6O31. The van der Waals surface area contributed by atoms with E-state index in [1.54, 1.807) is 63.2 Å². The molecule has 6 aliphatic rings. The summed E-state index contributed by atoms with van der Waals surface area (Å²) < 4.78 is 92.0. The van der Waals surface area contributed by atoms with E-state index in [1.165, 1.54) is 135 Å². The first kappa shape index (κ1) is 89.3. The molecule has 0 spiro atoms. The highest BCUT2D eigenvalue weighted by atomic mass is 16.6. The zero-order valence-corrected chi connectivity index (χ0v) is 67.6. The molecule has 0 saturated heterocycles. The number of anilines is 6. The quantitative estimate of drug-likeness (QED) is 0.0371. The van der Waals surface area contributed by atoms with E-state index in [9.17, 15) is 62.6 Å². The van der Waals surface area contributed by atoms with Crippen molar-refractivity contribution in [2.45, 2.75) is 90.7 Å². The number of nitrogens with one attached hydrogen (secondary N) is 6. The van der Waals surface area contributed by atoms with Gasteiger partial charge in [0.1, 0.15) is 63.2 Å². The minimum absolute atomic E-state index is 0.0101. The molecule has 0 fully saturated rings. The Bertz CT molecular complexity index is 4940. The number of aliphatic hydroxyl groups is 1. The van der Waals surface area contributed by atoms with Crippen LogP contribution in [-0.4, -0.2) is 191 Å². The van der Waals surface area contributed by atoms with E-state index >= 15 is 0 Å². The highest BCUT2D eigenvalue weighted by Gasteiger charge is 2.42. The molecule has 0 aromatic heterocycles. The van der Waals surface area contributed by atoms with Gasteiger partial charge in [0.25, 0.3) is 41.2 Å². The third-order valence-electron chi connectivity index (χ3n) is 17.7. The maximum absolute atomic E-state index is 12.4. The van der Waals surface area contributed by atoms with Gasteiger partial charge in [-0.3, -0.25) is 28.8 Å². The van der Waals surface area contributed by atoms with Crippen LogP contribution in [0.15, 0.2) is 103 Å². The number of ether oxygens (including phenoxy) is 18. The van der Waals surface area contributed by atoms with Crippen molar-refractivity contribution in [2.24, 2.45) is 5.92 Å². The van der Waals surface area contributed by atoms with Crippen molar-refractivity contribution in [3.05, 3.63) is 142 Å². The maximum atomic E-state index is 12.4. The Hall–Kier alpha value is -14.3. The molecule has 5 atom stereocenters. The van der Waals surface area contributed by atoms with E-state index in [0.29, 0.717) is 92.4 Å². The topological polar surface area (TPSA) is 463 Å². The van der Waals surface area contributed by atoms with E-state index in [1.807, 2.05) is 39.0 Å². The second kappa shape index (κ2) is 38.7. The fourth-order valence-corrected chi connectivity index (χ4v) is 11.4. The number of amides is 6. The number of esters is 6. The lowest BCUT2D eigenvalue weighted by atomic mass is 10.0. The van der Waals surface area contributed by atoms with E-state index < -0.39 is 77.5 Å². The molecule has 0 aliphatic carbocycles. The van der Waals surface area contributed by atoms with Crippen LogP contribution in [-0.2, 0) is 57.2 Å². The molecule has 628 valence electrons. The molecule has 5 unspecified atom stereocenters. The molecule has 0 radical (unpaired) electrons. The molecule has 13 rings (SSSR count). The van der Waals surface area contributed by atoms with Gasteiger partial charge in [-0.2, -0.15) is 0 Å². The summed E-state index contributed by atoms with van der Waals surface area (Å²) in [5.41, 5.74) is 2.47. The van der Waals surface area contributed by atoms with Crippen LogP contribution in [0.3, 0.4) is 0 Å². The average molecular weight is 1640 g/mol. The molecule has 7 N–H and O–H groups in total. The van der Waals surface area contributed by atoms with Gasteiger partial charge in [-0.15, -0.1) is 0 Å². The summed E-state index contributed by atoms with van der Waals surface area (Å²) in [6.45, 7) is 11.7. The van der Waals surface area contributed by atoms with Crippen molar-refractivity contribution in [1.29, 1.82) is 0 Å². The van der Waals surface area contributed by atoms with Gasteiger partial charge in [-0.05, 0) is 69.5 Å². The summed E-state index contributed by atoms with van der Waals surface area (Å²) in [6.07, 6.45) is -2.03. The van der Waals surface area contributed by atoms with Crippen LogP contribution >= 0.6 is 0 Å². The minimum atomic E-state index is -2.01. The van der Waals surface area contributed by atoms with E-state index in [2.05, 4.69) is 50.8 Å². The normalized spacial score (nSPS) is 17.3. The van der Waals surface area contributed by atoms with Gasteiger partial charge in [0.15, 0.2) is 29.7 Å². The zero-order valence-electron chi connectivity index (χ0n) is 67.6. The van der Waals surface area contributed by atoms with E-state index in [0.717, 1.165) is 5.56 Å². The monoisotopic (exact) mass is 1640 g/mol. The predicted octanol–water partition coefficient (Wildman–Crippen LogP) is 9.30. The average Bonchev–Trinajstić information content (AvgIpc) is 0.794. The number of hydrogen-bond acceptors (Lipinski definition) is 31. The van der Waals surface area contributed by atoms with Gasteiger partial charge in [-0.25, -0.2) is 28.8 Å². The molecule has 6 amide bonds. The standard InChI is InChI=1S/C17H15NO5.C14H17NO5.2C13H15NO5.C12H13NO6.C12H13NO5/c1-21-11-8-12(17(20)22-2)14-13(9-11)23-15(16(19)18-14)10-6-4-3-5-7-10;1-7(2)12-13(16)15-11-9(14(17)19-4)5-8(18-3)6-10(11)20-12;1-13(2)12(16)14-10-8(11(15)18-4)5-7(17-3)6-9(10)19-13;1-4-9-12(15)14-11-8(13(16)18-3)5-7(17-2)6-10(11)19-9;1-12(16)11(15)13-9-7(10(14)18-3)4-6(17-2)5-8(9)19-12;1-6-11(14)13-10-8(12(15)17-3)4-7(16-2)5-9(10)18-6/h3-9,15H,1-2H3,(H,18,19);5-7,12H,1-4H3,(H,15,16);5-6H,1-4H3,(H,14,16);5-6,9H,4H2,1-3H3,(H,14,15);4-5,16H,1-3H3,(H,13,15);4-6H,1-3H3,(H,13,14). The Kier molecular flexibility index (Phi) is 29.3. The van der Waals surface area contributed by atoms with Gasteiger partial charge in [0, 0.05) is 48.9 Å². The van der Waals surface area contributed by atoms with Gasteiger partial charge in [-0.1, -0.05) is 51.1 Å². The second-order valence-corrected chi connectivity index (χ2v) is 26.3. The van der Waals surface area contributed by atoms with Gasteiger partial charge >= 0.3 is 35.8 Å². The van der Waals surface area contributed by atoms with Crippen LogP contribution in [0.4, 0.5) is 34.1 Å². The summed E-state index contributed by atoms with van der Waals surface area (Å²) in [5, 5.41) is 25.6. The van der Waals surface area contributed by atoms with E-state index in [4.69, 9.17) is 66.3 Å². The SMILES string of the molecule is CCC1Oc2cc(OC)cc(C(=O)OC)c2NC1=O.COC(=O)c1cc(OC)cc2c1NC(=O)C(C(C)C)O2.COC(=O)c1cc(OC)cc2c1NC(=O)C(C)(C)O2.COC(=O)c1cc(OC)cc2c1NC(=O)C(C)(O)O2.COC(=O)c1cc(OC)cc2c1NC(=O)C(C)O2.COC(=O)c1cc(OC)cc2c1NC(=O)C(c1ccccc1)O2. The van der Waals surface area contributed by atoms with Crippen molar-refractivity contribution in [1.82, 2.24) is 0 Å². The van der Waals surface area contributed by atoms with Crippen LogP contribution in [0.5, 0.6) is 69.0 Å².